The summed E-state index contributed by atoms with van der Waals surface area (Å²) in [4.78, 5) is 0. The average Bonchev–Trinajstić information content (AvgIpc) is 2.90. The van der Waals surface area contributed by atoms with Crippen LogP contribution in [0, 0.1) is 0 Å². The molecular weight excluding hydrogens is 242 g/mol. The fraction of sp³-hybridized carbons (Fsp3) is 0.333. The monoisotopic (exact) mass is 259 g/mol. The van der Waals surface area contributed by atoms with Gasteiger partial charge in [-0.05, 0) is 58.8 Å². The van der Waals surface area contributed by atoms with Gasteiger partial charge in [-0.25, -0.2) is 0 Å². The lowest BCUT2D eigenvalue weighted by atomic mass is 9.87. The second-order valence-corrected chi connectivity index (χ2v) is 5.52. The van der Waals surface area contributed by atoms with Crippen molar-refractivity contribution in [2.24, 2.45) is 5.73 Å². The van der Waals surface area contributed by atoms with E-state index < -0.39 is 0 Å². The summed E-state index contributed by atoms with van der Waals surface area (Å²) in [6.45, 7) is 0.648. The molecule has 0 saturated carbocycles. The smallest absolute Gasteiger partial charge is 0.123 e. The third-order valence-electron chi connectivity index (χ3n) is 3.49. The highest BCUT2D eigenvalue weighted by Crippen LogP contribution is 2.34. The molecule has 18 heavy (non-hydrogen) atoms. The van der Waals surface area contributed by atoms with Crippen molar-refractivity contribution < 1.29 is 4.74 Å². The summed E-state index contributed by atoms with van der Waals surface area (Å²) in [6.07, 6.45) is 3.33. The Morgan fingerprint density at radius 3 is 3.11 bits per heavy atom. The predicted octanol–water partition coefficient (Wildman–Crippen LogP) is 3.66. The normalized spacial score (nSPS) is 18.4. The Balaban J connectivity index is 1.82. The summed E-state index contributed by atoms with van der Waals surface area (Å²) in [7, 11) is 0. The molecule has 3 rings (SSSR count). The fourth-order valence-electron chi connectivity index (χ4n) is 2.52. The molecule has 0 bridgehead atoms. The molecule has 1 aliphatic carbocycles. The van der Waals surface area contributed by atoms with E-state index >= 15 is 0 Å². The molecule has 3 heteroatoms. The Morgan fingerprint density at radius 2 is 2.28 bits per heavy atom. The van der Waals surface area contributed by atoms with Crippen LogP contribution in [-0.2, 0) is 13.0 Å². The van der Waals surface area contributed by atoms with Crippen molar-refractivity contribution in [1.29, 1.82) is 0 Å². The minimum absolute atomic E-state index is 0.179. The minimum atomic E-state index is 0.179. The highest BCUT2D eigenvalue weighted by molar-refractivity contribution is 7.07. The number of fused-ring (bicyclic) bond motifs is 1. The Hall–Kier alpha value is -1.32. The second kappa shape index (κ2) is 5.12. The first kappa shape index (κ1) is 11.8. The van der Waals surface area contributed by atoms with Crippen LogP contribution in [0.5, 0.6) is 5.75 Å². The third-order valence-corrected chi connectivity index (χ3v) is 4.22. The second-order valence-electron chi connectivity index (χ2n) is 4.74. The topological polar surface area (TPSA) is 35.2 Å². The van der Waals surface area contributed by atoms with E-state index in [4.69, 9.17) is 10.5 Å². The lowest BCUT2D eigenvalue weighted by molar-refractivity contribution is 0.301. The van der Waals surface area contributed by atoms with Crippen molar-refractivity contribution in [3.63, 3.8) is 0 Å². The molecule has 0 radical (unpaired) electrons. The largest absolute Gasteiger partial charge is 0.489 e. The molecule has 2 aromatic rings. The lowest BCUT2D eigenvalue weighted by Gasteiger charge is -2.24. The standard InChI is InChI=1S/C15H17NOS/c16-14-5-1-4-13-12(14)3-2-6-15(13)17-9-11-7-8-18-10-11/h2-3,6-8,10,14H,1,4-5,9,16H2. The zero-order chi connectivity index (χ0) is 12.4. The summed E-state index contributed by atoms with van der Waals surface area (Å²) < 4.78 is 5.95. The zero-order valence-electron chi connectivity index (χ0n) is 10.3. The first-order valence-corrected chi connectivity index (χ1v) is 7.30. The first-order valence-electron chi connectivity index (χ1n) is 6.36. The first-order chi connectivity index (χ1) is 8.84. The van der Waals surface area contributed by atoms with E-state index in [1.807, 2.05) is 6.07 Å². The van der Waals surface area contributed by atoms with E-state index in [1.54, 1.807) is 11.3 Å². The maximum absolute atomic E-state index is 6.15. The van der Waals surface area contributed by atoms with Crippen molar-refractivity contribution in [1.82, 2.24) is 0 Å². The molecule has 2 nitrogen and oxygen atoms in total. The maximum atomic E-state index is 6.15. The van der Waals surface area contributed by atoms with Gasteiger partial charge in [-0.15, -0.1) is 0 Å². The van der Waals surface area contributed by atoms with Crippen LogP contribution in [0.1, 0.15) is 35.6 Å². The van der Waals surface area contributed by atoms with Crippen LogP contribution in [0.4, 0.5) is 0 Å². The van der Waals surface area contributed by atoms with Gasteiger partial charge in [-0.1, -0.05) is 12.1 Å². The quantitative estimate of drug-likeness (QED) is 0.913. The summed E-state index contributed by atoms with van der Waals surface area (Å²) in [6, 6.07) is 8.52. The lowest BCUT2D eigenvalue weighted by Crippen LogP contribution is -2.18. The molecular formula is C15H17NOS. The highest BCUT2D eigenvalue weighted by atomic mass is 32.1. The molecule has 1 unspecified atom stereocenters. The number of hydrogen-bond donors (Lipinski definition) is 1. The van der Waals surface area contributed by atoms with Crippen molar-refractivity contribution >= 4 is 11.3 Å². The number of rotatable bonds is 3. The number of nitrogens with two attached hydrogens (primary N) is 1. The molecule has 0 amide bonds. The molecule has 0 aliphatic heterocycles. The Bertz CT molecular complexity index is 521. The molecule has 0 fully saturated rings. The van der Waals surface area contributed by atoms with Gasteiger partial charge in [0, 0.05) is 6.04 Å². The van der Waals surface area contributed by atoms with Crippen molar-refractivity contribution in [2.45, 2.75) is 31.9 Å². The van der Waals surface area contributed by atoms with Gasteiger partial charge in [0.2, 0.25) is 0 Å². The van der Waals surface area contributed by atoms with Crippen LogP contribution in [0.25, 0.3) is 0 Å². The molecule has 0 spiro atoms. The van der Waals surface area contributed by atoms with Crippen molar-refractivity contribution in [2.75, 3.05) is 0 Å². The maximum Gasteiger partial charge on any atom is 0.123 e. The summed E-state index contributed by atoms with van der Waals surface area (Å²) in [5.74, 6) is 1.01. The number of ether oxygens (including phenoxy) is 1. The molecule has 1 heterocycles. The van der Waals surface area contributed by atoms with Crippen molar-refractivity contribution in [3.05, 3.63) is 51.7 Å². The van der Waals surface area contributed by atoms with Gasteiger partial charge in [0.25, 0.3) is 0 Å². The summed E-state index contributed by atoms with van der Waals surface area (Å²) >= 11 is 1.70. The van der Waals surface area contributed by atoms with Gasteiger partial charge in [0.1, 0.15) is 12.4 Å². The van der Waals surface area contributed by atoms with Gasteiger partial charge in [0.15, 0.2) is 0 Å². The number of thiophene rings is 1. The van der Waals surface area contributed by atoms with Gasteiger partial charge in [-0.2, -0.15) is 11.3 Å². The van der Waals surface area contributed by atoms with Gasteiger partial charge >= 0.3 is 0 Å². The van der Waals surface area contributed by atoms with E-state index in [2.05, 4.69) is 29.0 Å². The zero-order valence-corrected chi connectivity index (χ0v) is 11.1. The average molecular weight is 259 g/mol. The molecule has 0 saturated heterocycles. The summed E-state index contributed by atoms with van der Waals surface area (Å²) in [5, 5.41) is 4.20. The molecule has 94 valence electrons. The van der Waals surface area contributed by atoms with Gasteiger partial charge in [0.05, 0.1) is 0 Å². The molecule has 2 N–H and O–H groups in total. The van der Waals surface area contributed by atoms with Gasteiger partial charge in [-0.3, -0.25) is 0 Å². The van der Waals surface area contributed by atoms with E-state index in [1.165, 1.54) is 16.7 Å². The summed E-state index contributed by atoms with van der Waals surface area (Å²) in [5.41, 5.74) is 9.97. The Morgan fingerprint density at radius 1 is 1.33 bits per heavy atom. The molecule has 1 atom stereocenters. The number of hydrogen-bond acceptors (Lipinski definition) is 3. The van der Waals surface area contributed by atoms with Crippen LogP contribution in [-0.4, -0.2) is 0 Å². The van der Waals surface area contributed by atoms with E-state index in [0.717, 1.165) is 25.0 Å². The van der Waals surface area contributed by atoms with E-state index in [9.17, 15) is 0 Å². The van der Waals surface area contributed by atoms with E-state index in [0.29, 0.717) is 6.61 Å². The number of benzene rings is 1. The third kappa shape index (κ3) is 2.28. The molecule has 1 aliphatic rings. The highest BCUT2D eigenvalue weighted by Gasteiger charge is 2.19. The Kier molecular flexibility index (Phi) is 3.35. The minimum Gasteiger partial charge on any atom is -0.489 e. The molecule has 1 aromatic heterocycles. The van der Waals surface area contributed by atoms with Crippen molar-refractivity contribution in [3.8, 4) is 5.75 Å². The van der Waals surface area contributed by atoms with E-state index in [-0.39, 0.29) is 6.04 Å². The van der Waals surface area contributed by atoms with Crippen LogP contribution in [0.15, 0.2) is 35.0 Å². The Labute approximate surface area is 111 Å². The van der Waals surface area contributed by atoms with Crippen LogP contribution in [0.2, 0.25) is 0 Å². The van der Waals surface area contributed by atoms with Crippen LogP contribution >= 0.6 is 11.3 Å². The van der Waals surface area contributed by atoms with Crippen LogP contribution in [0.3, 0.4) is 0 Å². The SMILES string of the molecule is NC1CCCc2c(OCc3ccsc3)cccc21. The van der Waals surface area contributed by atoms with Gasteiger partial charge < -0.3 is 10.5 Å². The molecule has 1 aromatic carbocycles. The predicted molar refractivity (Wildman–Crippen MR) is 75.0 cm³/mol. The van der Waals surface area contributed by atoms with Crippen LogP contribution < -0.4 is 10.5 Å². The fourth-order valence-corrected chi connectivity index (χ4v) is 3.18.